The molecule has 1 atom stereocenters. The molecule has 0 aliphatic heterocycles. The largest absolute Gasteiger partial charge is 0.368 e. The predicted octanol–water partition coefficient (Wildman–Crippen LogP) is 8.61. The summed E-state index contributed by atoms with van der Waals surface area (Å²) in [5, 5.41) is 2.95. The highest BCUT2D eigenvalue weighted by Crippen LogP contribution is 2.50. The van der Waals surface area contributed by atoms with Gasteiger partial charge in [0, 0.05) is 11.5 Å². The van der Waals surface area contributed by atoms with E-state index in [9.17, 15) is 9.59 Å². The van der Waals surface area contributed by atoms with E-state index in [1.807, 2.05) is 109 Å². The highest BCUT2D eigenvalue weighted by molar-refractivity contribution is 8.01. The van der Waals surface area contributed by atoms with Crippen molar-refractivity contribution in [1.29, 1.82) is 0 Å². The van der Waals surface area contributed by atoms with E-state index in [0.717, 1.165) is 33.4 Å². The van der Waals surface area contributed by atoms with E-state index in [4.69, 9.17) is 5.73 Å². The number of nitrogens with two attached hydrogens (primary N) is 1. The minimum atomic E-state index is -0.897. The second kappa shape index (κ2) is 16.6. The maximum Gasteiger partial charge on any atom is 0.240 e. The fraction of sp³-hybridized carbons (Fsp3) is 0.114. The van der Waals surface area contributed by atoms with Crippen molar-refractivity contribution in [3.05, 3.63) is 222 Å². The van der Waals surface area contributed by atoms with Crippen LogP contribution in [-0.2, 0) is 19.1 Å². The lowest BCUT2D eigenvalue weighted by atomic mass is 9.84. The number of nitrogens with one attached hydrogen (secondary N) is 1. The summed E-state index contributed by atoms with van der Waals surface area (Å²) >= 11 is 3.26. The van der Waals surface area contributed by atoms with Crippen molar-refractivity contribution in [2.24, 2.45) is 5.73 Å². The fourth-order valence-corrected chi connectivity index (χ4v) is 9.38. The van der Waals surface area contributed by atoms with Crippen LogP contribution in [-0.4, -0.2) is 29.4 Å². The summed E-state index contributed by atoms with van der Waals surface area (Å²) in [6, 6.07) is 61.0. The third-order valence-corrected chi connectivity index (χ3v) is 11.9. The number of benzene rings is 6. The monoisotopic (exact) mass is 691 g/mol. The number of carbonyl (C=O) groups is 2. The molecule has 0 saturated heterocycles. The van der Waals surface area contributed by atoms with Gasteiger partial charge >= 0.3 is 0 Å². The van der Waals surface area contributed by atoms with E-state index in [1.165, 1.54) is 0 Å². The van der Waals surface area contributed by atoms with Crippen LogP contribution in [0.3, 0.4) is 0 Å². The first-order chi connectivity index (χ1) is 24.5. The van der Waals surface area contributed by atoms with Gasteiger partial charge in [0.05, 0.1) is 15.9 Å². The van der Waals surface area contributed by atoms with E-state index in [-0.39, 0.29) is 11.7 Å². The van der Waals surface area contributed by atoms with E-state index in [2.05, 4.69) is 78.1 Å². The second-order valence-electron chi connectivity index (χ2n) is 11.8. The summed E-state index contributed by atoms with van der Waals surface area (Å²) in [5.74, 6) is -0.259. The van der Waals surface area contributed by atoms with Gasteiger partial charge in [0.1, 0.15) is 6.04 Å². The molecule has 4 nitrogen and oxygen atoms in total. The van der Waals surface area contributed by atoms with E-state index >= 15 is 0 Å². The summed E-state index contributed by atoms with van der Waals surface area (Å²) < 4.78 is -1.22. The molecule has 0 unspecified atom stereocenters. The van der Waals surface area contributed by atoms with Gasteiger partial charge in [0.2, 0.25) is 11.8 Å². The molecule has 6 aromatic rings. The van der Waals surface area contributed by atoms with Crippen LogP contribution >= 0.6 is 23.5 Å². The maximum absolute atomic E-state index is 13.6. The first-order valence-corrected chi connectivity index (χ1v) is 18.6. The molecule has 0 aromatic heterocycles. The Morgan fingerprint density at radius 3 is 1.06 bits per heavy atom. The standard InChI is InChI=1S/C44H39N2O2S2/c45-42(48)40(33-50-44(37-25-13-4-14-26-37,38-27-15-5-16-28-38)39-29-17-6-18-30-39)46-41(47)31-32-49-43(34-19-7-1-8-20-34,35-21-9-2-10-22-35)36-23-11-3-12-24-36/h1-31,40H,32-33H2,(H2,45,48)(H,46,47)/t40-/m1/s1. The van der Waals surface area contributed by atoms with Crippen molar-refractivity contribution < 1.29 is 9.59 Å². The van der Waals surface area contributed by atoms with E-state index in [1.54, 1.807) is 29.9 Å². The van der Waals surface area contributed by atoms with Crippen LogP contribution < -0.4 is 11.1 Å². The maximum atomic E-state index is 13.6. The average Bonchev–Trinajstić information content (AvgIpc) is 3.18. The molecule has 6 rings (SSSR count). The van der Waals surface area contributed by atoms with Gasteiger partial charge in [-0.05, 0) is 33.4 Å². The molecule has 249 valence electrons. The first-order valence-electron chi connectivity index (χ1n) is 16.6. The van der Waals surface area contributed by atoms with Crippen LogP contribution in [0.1, 0.15) is 33.4 Å². The summed E-state index contributed by atoms with van der Waals surface area (Å²) in [5.41, 5.74) is 12.5. The molecule has 6 heteroatoms. The number of hydrogen-bond donors (Lipinski definition) is 2. The van der Waals surface area contributed by atoms with Crippen LogP contribution in [0, 0.1) is 6.42 Å². The lowest BCUT2D eigenvalue weighted by Crippen LogP contribution is -2.47. The lowest BCUT2D eigenvalue weighted by Gasteiger charge is -2.36. The second-order valence-corrected chi connectivity index (χ2v) is 14.3. The smallest absolute Gasteiger partial charge is 0.240 e. The zero-order valence-corrected chi connectivity index (χ0v) is 29.2. The minimum Gasteiger partial charge on any atom is -0.368 e. The number of hydrogen-bond acceptors (Lipinski definition) is 4. The highest BCUT2D eigenvalue weighted by Gasteiger charge is 2.39. The number of carbonyl (C=O) groups excluding carboxylic acids is 2. The van der Waals surface area contributed by atoms with E-state index in [0.29, 0.717) is 5.75 Å². The van der Waals surface area contributed by atoms with Gasteiger partial charge in [0.25, 0.3) is 0 Å². The molecule has 50 heavy (non-hydrogen) atoms. The Kier molecular flexibility index (Phi) is 11.5. The molecule has 0 fully saturated rings. The summed E-state index contributed by atoms with van der Waals surface area (Å²) in [6.07, 6.45) is 1.62. The van der Waals surface area contributed by atoms with Gasteiger partial charge in [-0.2, -0.15) is 0 Å². The minimum absolute atomic E-state index is 0.267. The number of rotatable bonds is 15. The highest BCUT2D eigenvalue weighted by atomic mass is 32.2. The third-order valence-electron chi connectivity index (χ3n) is 8.78. The van der Waals surface area contributed by atoms with Gasteiger partial charge in [-0.15, -0.1) is 23.5 Å². The molecule has 0 aliphatic carbocycles. The average molecular weight is 692 g/mol. The zero-order valence-electron chi connectivity index (χ0n) is 27.6. The Bertz CT molecular complexity index is 1750. The third kappa shape index (κ3) is 7.57. The first kappa shape index (κ1) is 34.8. The predicted molar refractivity (Wildman–Crippen MR) is 209 cm³/mol. The van der Waals surface area contributed by atoms with Gasteiger partial charge in [-0.3, -0.25) is 9.59 Å². The van der Waals surface area contributed by atoms with Crippen molar-refractivity contribution in [2.75, 3.05) is 11.5 Å². The van der Waals surface area contributed by atoms with E-state index < -0.39 is 21.4 Å². The van der Waals surface area contributed by atoms with Crippen molar-refractivity contribution >= 4 is 35.3 Å². The zero-order chi connectivity index (χ0) is 34.7. The van der Waals surface area contributed by atoms with Gasteiger partial charge in [-0.25, -0.2) is 0 Å². The molecule has 1 radical (unpaired) electrons. The number of thioether (sulfide) groups is 2. The van der Waals surface area contributed by atoms with Gasteiger partial charge < -0.3 is 11.1 Å². The van der Waals surface area contributed by atoms with Crippen LogP contribution in [0.4, 0.5) is 0 Å². The number of primary amides is 1. The quantitative estimate of drug-likeness (QED) is 0.106. The Labute approximate surface area is 303 Å². The fourth-order valence-electron chi connectivity index (χ4n) is 6.41. The van der Waals surface area contributed by atoms with Crippen LogP contribution in [0.15, 0.2) is 182 Å². The van der Waals surface area contributed by atoms with Crippen molar-refractivity contribution in [3.63, 3.8) is 0 Å². The van der Waals surface area contributed by atoms with Crippen LogP contribution in [0.2, 0.25) is 0 Å². The van der Waals surface area contributed by atoms with Crippen LogP contribution in [0.5, 0.6) is 0 Å². The SMILES string of the molecule is NC(=O)[C@@H](CSC(c1ccccc1)(c1ccccc1)c1ccccc1)NC(=O)[CH]CSC(c1ccccc1)(c1ccccc1)c1ccccc1. The Morgan fingerprint density at radius 1 is 0.500 bits per heavy atom. The Hall–Kier alpha value is -5.04. The van der Waals surface area contributed by atoms with Crippen molar-refractivity contribution in [3.8, 4) is 0 Å². The van der Waals surface area contributed by atoms with Crippen molar-refractivity contribution in [2.45, 2.75) is 15.5 Å². The lowest BCUT2D eigenvalue weighted by molar-refractivity contribution is -0.125. The molecular formula is C44H39N2O2S2. The molecule has 3 N–H and O–H groups in total. The molecular weight excluding hydrogens is 653 g/mol. The topological polar surface area (TPSA) is 72.2 Å². The van der Waals surface area contributed by atoms with Crippen molar-refractivity contribution in [1.82, 2.24) is 5.32 Å². The summed E-state index contributed by atoms with van der Waals surface area (Å²) in [4.78, 5) is 26.5. The molecule has 6 aromatic carbocycles. The molecule has 0 spiro atoms. The van der Waals surface area contributed by atoms with Gasteiger partial charge in [0.15, 0.2) is 0 Å². The Balaban J connectivity index is 1.24. The molecule has 0 heterocycles. The molecule has 2 amide bonds. The Morgan fingerprint density at radius 2 is 0.780 bits per heavy atom. The normalized spacial score (nSPS) is 12.2. The number of amides is 2. The summed E-state index contributed by atoms with van der Waals surface area (Å²) in [7, 11) is 0. The molecule has 0 bridgehead atoms. The molecule has 0 saturated carbocycles. The van der Waals surface area contributed by atoms with Crippen LogP contribution in [0.25, 0.3) is 0 Å². The molecule has 0 aliphatic rings. The van der Waals surface area contributed by atoms with Gasteiger partial charge in [-0.1, -0.05) is 182 Å². The summed E-state index contributed by atoms with van der Waals surface area (Å²) in [6.45, 7) is 0.